The van der Waals surface area contributed by atoms with E-state index in [0.717, 1.165) is 4.88 Å². The van der Waals surface area contributed by atoms with Crippen molar-refractivity contribution in [2.75, 3.05) is 10.6 Å². The number of carbonyl (C=O) groups excluding carboxylic acids is 1. The predicted molar refractivity (Wildman–Crippen MR) is 126 cm³/mol. The molecule has 1 unspecified atom stereocenters. The highest BCUT2D eigenvalue weighted by Crippen LogP contribution is 2.40. The Morgan fingerprint density at radius 2 is 1.88 bits per heavy atom. The molecule has 3 heterocycles. The zero-order valence-electron chi connectivity index (χ0n) is 17.4. The third-order valence-electron chi connectivity index (χ3n) is 5.30. The van der Waals surface area contributed by atoms with E-state index in [-0.39, 0.29) is 11.6 Å². The first-order valence-electron chi connectivity index (χ1n) is 10.1. The Balaban J connectivity index is 1.66. The van der Waals surface area contributed by atoms with Crippen molar-refractivity contribution in [2.24, 2.45) is 0 Å². The van der Waals surface area contributed by atoms with Gasteiger partial charge in [0.05, 0.1) is 20.9 Å². The van der Waals surface area contributed by atoms with Gasteiger partial charge in [0.25, 0.3) is 11.6 Å². The highest BCUT2D eigenvalue weighted by Gasteiger charge is 2.37. The van der Waals surface area contributed by atoms with Crippen molar-refractivity contribution in [3.8, 4) is 10.7 Å². The average molecular weight is 459 g/mol. The second-order valence-electron chi connectivity index (χ2n) is 7.38. The van der Waals surface area contributed by atoms with E-state index >= 15 is 0 Å². The van der Waals surface area contributed by atoms with Crippen LogP contribution in [-0.2, 0) is 4.79 Å². The number of hydrogen-bond donors (Lipinski definition) is 2. The number of amides is 1. The first kappa shape index (κ1) is 20.6. The first-order valence-corrected chi connectivity index (χ1v) is 11.0. The molecule has 1 aliphatic heterocycles. The van der Waals surface area contributed by atoms with E-state index in [0.29, 0.717) is 34.3 Å². The summed E-state index contributed by atoms with van der Waals surface area (Å²) in [6, 6.07) is 18.4. The topological polar surface area (TPSA) is 115 Å². The Labute approximate surface area is 192 Å². The summed E-state index contributed by atoms with van der Waals surface area (Å²) in [6.07, 6.45) is 0. The molecular formula is C23H18N6O3S. The van der Waals surface area contributed by atoms with Gasteiger partial charge in [-0.1, -0.05) is 36.4 Å². The van der Waals surface area contributed by atoms with Crippen LogP contribution in [0.3, 0.4) is 0 Å². The fraction of sp³-hybridized carbons (Fsp3) is 0.0870. The molecule has 0 fully saturated rings. The minimum absolute atomic E-state index is 0.0960. The number of rotatable bonds is 5. The van der Waals surface area contributed by atoms with E-state index in [1.54, 1.807) is 41.9 Å². The Kier molecular flexibility index (Phi) is 5.19. The van der Waals surface area contributed by atoms with Gasteiger partial charge in [0.1, 0.15) is 6.04 Å². The molecule has 1 aliphatic rings. The molecule has 2 N–H and O–H groups in total. The number of nitro groups is 1. The van der Waals surface area contributed by atoms with Gasteiger partial charge < -0.3 is 10.6 Å². The van der Waals surface area contributed by atoms with Gasteiger partial charge in [-0.3, -0.25) is 14.9 Å². The summed E-state index contributed by atoms with van der Waals surface area (Å²) >= 11 is 1.49. The fourth-order valence-electron chi connectivity index (χ4n) is 3.85. The van der Waals surface area contributed by atoms with Crippen LogP contribution < -0.4 is 10.6 Å². The molecule has 5 rings (SSSR count). The third-order valence-corrected chi connectivity index (χ3v) is 6.16. The molecule has 9 nitrogen and oxygen atoms in total. The summed E-state index contributed by atoms with van der Waals surface area (Å²) in [5.74, 6) is 0.511. The van der Waals surface area contributed by atoms with Crippen LogP contribution in [0.1, 0.15) is 18.5 Å². The summed E-state index contributed by atoms with van der Waals surface area (Å²) in [7, 11) is 0. The van der Waals surface area contributed by atoms with Crippen LogP contribution >= 0.6 is 11.3 Å². The molecule has 1 amide bonds. The molecule has 0 saturated carbocycles. The second kappa shape index (κ2) is 8.32. The molecule has 0 saturated heterocycles. The molecule has 0 aliphatic carbocycles. The summed E-state index contributed by atoms with van der Waals surface area (Å²) in [5, 5.41) is 24.5. The van der Waals surface area contributed by atoms with E-state index in [4.69, 9.17) is 0 Å². The zero-order chi connectivity index (χ0) is 22.9. The number of para-hydroxylation sites is 2. The van der Waals surface area contributed by atoms with Gasteiger partial charge in [-0.05, 0) is 36.6 Å². The van der Waals surface area contributed by atoms with Gasteiger partial charge in [-0.15, -0.1) is 16.4 Å². The number of nitro benzene ring substituents is 1. The Hall–Kier alpha value is -4.31. The molecule has 2 aromatic carbocycles. The molecule has 4 aromatic rings. The lowest BCUT2D eigenvalue weighted by Crippen LogP contribution is -2.31. The maximum absolute atomic E-state index is 13.4. The van der Waals surface area contributed by atoms with Crippen LogP contribution in [0, 0.1) is 10.1 Å². The van der Waals surface area contributed by atoms with Crippen molar-refractivity contribution in [3.05, 3.63) is 99.1 Å². The number of hydrogen-bond acceptors (Lipinski definition) is 7. The van der Waals surface area contributed by atoms with E-state index in [9.17, 15) is 14.9 Å². The second-order valence-corrected chi connectivity index (χ2v) is 8.33. The number of nitrogens with one attached hydrogen (secondary N) is 2. The first-order chi connectivity index (χ1) is 16.0. The highest BCUT2D eigenvalue weighted by molar-refractivity contribution is 7.13. The SMILES string of the molecule is CC1=C(C(=O)Nc2ccccc2)C(c2ccccc2[N+](=O)[O-])n2nc(-c3cccs3)nc2N1. The van der Waals surface area contributed by atoms with Crippen molar-refractivity contribution in [2.45, 2.75) is 13.0 Å². The third kappa shape index (κ3) is 3.76. The molecule has 0 bridgehead atoms. The number of nitrogens with zero attached hydrogens (tertiary/aromatic N) is 4. The van der Waals surface area contributed by atoms with E-state index in [1.807, 2.05) is 35.7 Å². The summed E-state index contributed by atoms with van der Waals surface area (Å²) < 4.78 is 1.55. The number of thiophene rings is 1. The minimum atomic E-state index is -0.840. The molecule has 1 atom stereocenters. The predicted octanol–water partition coefficient (Wildman–Crippen LogP) is 4.84. The van der Waals surface area contributed by atoms with Gasteiger partial charge in [0.15, 0.2) is 5.82 Å². The van der Waals surface area contributed by atoms with Crippen LogP contribution in [0.25, 0.3) is 10.7 Å². The van der Waals surface area contributed by atoms with Crippen molar-refractivity contribution in [1.29, 1.82) is 0 Å². The average Bonchev–Trinajstić information content (AvgIpc) is 3.48. The fourth-order valence-corrected chi connectivity index (χ4v) is 4.50. The number of benzene rings is 2. The number of carbonyl (C=O) groups is 1. The minimum Gasteiger partial charge on any atom is -0.328 e. The molecule has 33 heavy (non-hydrogen) atoms. The van der Waals surface area contributed by atoms with Crippen molar-refractivity contribution in [3.63, 3.8) is 0 Å². The lowest BCUT2D eigenvalue weighted by Gasteiger charge is -2.28. The largest absolute Gasteiger partial charge is 0.328 e. The van der Waals surface area contributed by atoms with E-state index in [2.05, 4.69) is 20.7 Å². The van der Waals surface area contributed by atoms with Crippen LogP contribution in [0.15, 0.2) is 83.4 Å². The lowest BCUT2D eigenvalue weighted by molar-refractivity contribution is -0.385. The number of fused-ring (bicyclic) bond motifs is 1. The van der Waals surface area contributed by atoms with Gasteiger partial charge >= 0.3 is 0 Å². The van der Waals surface area contributed by atoms with Crippen LogP contribution in [0.4, 0.5) is 17.3 Å². The van der Waals surface area contributed by atoms with Gasteiger partial charge in [-0.2, -0.15) is 4.98 Å². The highest BCUT2D eigenvalue weighted by atomic mass is 32.1. The van der Waals surface area contributed by atoms with Crippen LogP contribution in [0.5, 0.6) is 0 Å². The molecule has 2 aromatic heterocycles. The molecule has 10 heteroatoms. The van der Waals surface area contributed by atoms with Crippen LogP contribution in [-0.4, -0.2) is 25.6 Å². The summed E-state index contributed by atoms with van der Waals surface area (Å²) in [5.41, 5.74) is 1.74. The van der Waals surface area contributed by atoms with Gasteiger partial charge in [0.2, 0.25) is 5.95 Å². The Morgan fingerprint density at radius 3 is 2.61 bits per heavy atom. The lowest BCUT2D eigenvalue weighted by atomic mass is 9.93. The number of aromatic nitrogens is 3. The van der Waals surface area contributed by atoms with Gasteiger partial charge in [-0.25, -0.2) is 4.68 Å². The quantitative estimate of drug-likeness (QED) is 0.327. The Bertz CT molecular complexity index is 1380. The maximum Gasteiger partial charge on any atom is 0.275 e. The smallest absolute Gasteiger partial charge is 0.275 e. The van der Waals surface area contributed by atoms with Crippen molar-refractivity contribution in [1.82, 2.24) is 14.8 Å². The molecule has 0 spiro atoms. The Morgan fingerprint density at radius 1 is 1.12 bits per heavy atom. The summed E-state index contributed by atoms with van der Waals surface area (Å²) in [4.78, 5) is 30.3. The zero-order valence-corrected chi connectivity index (χ0v) is 18.2. The summed E-state index contributed by atoms with van der Waals surface area (Å²) in [6.45, 7) is 1.75. The van der Waals surface area contributed by atoms with Crippen molar-refractivity contribution >= 4 is 34.6 Å². The normalized spacial score (nSPS) is 15.0. The molecule has 0 radical (unpaired) electrons. The molecular weight excluding hydrogens is 440 g/mol. The monoisotopic (exact) mass is 458 g/mol. The standard InChI is InChI=1S/C23H18N6O3S/c1-14-19(22(30)25-15-8-3-2-4-9-15)20(16-10-5-6-11-17(16)29(31)32)28-23(24-14)26-21(27-28)18-12-7-13-33-18/h2-13,20H,1H3,(H,25,30)(H,24,26,27). The van der Waals surface area contributed by atoms with E-state index in [1.165, 1.54) is 17.4 Å². The maximum atomic E-state index is 13.4. The van der Waals surface area contributed by atoms with E-state index < -0.39 is 11.0 Å². The molecule has 164 valence electrons. The van der Waals surface area contributed by atoms with Crippen LogP contribution in [0.2, 0.25) is 0 Å². The number of allylic oxidation sites excluding steroid dienone is 1. The van der Waals surface area contributed by atoms with Gasteiger partial charge in [0, 0.05) is 17.5 Å². The van der Waals surface area contributed by atoms with Crippen molar-refractivity contribution < 1.29 is 9.72 Å². The number of anilines is 2.